The van der Waals surface area contributed by atoms with Crippen molar-refractivity contribution in [1.82, 2.24) is 24.8 Å². The molecule has 25 heavy (non-hydrogen) atoms. The minimum atomic E-state index is -0.276. The highest BCUT2D eigenvalue weighted by atomic mass is 16.2. The number of anilines is 1. The van der Waals surface area contributed by atoms with Gasteiger partial charge >= 0.3 is 0 Å². The molecule has 0 atom stereocenters. The van der Waals surface area contributed by atoms with Crippen LogP contribution < -0.4 is 15.8 Å². The molecule has 0 radical (unpaired) electrons. The summed E-state index contributed by atoms with van der Waals surface area (Å²) >= 11 is 0. The Balaban J connectivity index is 1.60. The topological polar surface area (TPSA) is 93.0 Å². The summed E-state index contributed by atoms with van der Waals surface area (Å²) < 4.78 is 1.30. The molecule has 132 valence electrons. The molecule has 2 aromatic heterocycles. The molecular formula is C17H22N6O2. The molecular weight excluding hydrogens is 320 g/mol. The SMILES string of the molecule is Cc1ncn(CC(=O)NCc2nccc(N3CCCC3)n2)c(=O)c1C. The van der Waals surface area contributed by atoms with Crippen LogP contribution in [0.4, 0.5) is 5.82 Å². The number of aryl methyl sites for hydroxylation is 1. The number of nitrogens with zero attached hydrogens (tertiary/aromatic N) is 5. The number of amides is 1. The molecule has 1 amide bonds. The van der Waals surface area contributed by atoms with Crippen LogP contribution >= 0.6 is 0 Å². The summed E-state index contributed by atoms with van der Waals surface area (Å²) in [7, 11) is 0. The third-order valence-electron chi connectivity index (χ3n) is 4.39. The van der Waals surface area contributed by atoms with Gasteiger partial charge < -0.3 is 10.2 Å². The Morgan fingerprint density at radius 2 is 2.00 bits per heavy atom. The summed E-state index contributed by atoms with van der Waals surface area (Å²) in [6, 6.07) is 1.89. The second-order valence-corrected chi connectivity index (χ2v) is 6.19. The zero-order chi connectivity index (χ0) is 17.8. The lowest BCUT2D eigenvalue weighted by molar-refractivity contribution is -0.121. The van der Waals surface area contributed by atoms with Crippen LogP contribution in [0.3, 0.4) is 0 Å². The highest BCUT2D eigenvalue weighted by Gasteiger charge is 2.14. The summed E-state index contributed by atoms with van der Waals surface area (Å²) in [6.07, 6.45) is 5.46. The van der Waals surface area contributed by atoms with Crippen molar-refractivity contribution in [3.63, 3.8) is 0 Å². The third kappa shape index (κ3) is 4.01. The Bertz CT molecular complexity index is 826. The van der Waals surface area contributed by atoms with Gasteiger partial charge in [0.05, 0.1) is 12.9 Å². The van der Waals surface area contributed by atoms with Crippen LogP contribution in [-0.2, 0) is 17.9 Å². The van der Waals surface area contributed by atoms with E-state index in [2.05, 4.69) is 25.2 Å². The molecule has 0 aliphatic carbocycles. The summed E-state index contributed by atoms with van der Waals surface area (Å²) in [5.74, 6) is 1.18. The van der Waals surface area contributed by atoms with Gasteiger partial charge in [-0.25, -0.2) is 15.0 Å². The molecule has 8 heteroatoms. The van der Waals surface area contributed by atoms with Gasteiger partial charge in [0.1, 0.15) is 18.2 Å². The second-order valence-electron chi connectivity index (χ2n) is 6.19. The Labute approximate surface area is 145 Å². The first-order valence-corrected chi connectivity index (χ1v) is 8.41. The molecule has 0 spiro atoms. The van der Waals surface area contributed by atoms with Crippen LogP contribution in [0.5, 0.6) is 0 Å². The molecule has 0 bridgehead atoms. The fourth-order valence-corrected chi connectivity index (χ4v) is 2.77. The normalized spacial score (nSPS) is 13.9. The van der Waals surface area contributed by atoms with Crippen molar-refractivity contribution >= 4 is 11.7 Å². The van der Waals surface area contributed by atoms with E-state index in [1.54, 1.807) is 20.0 Å². The van der Waals surface area contributed by atoms with Gasteiger partial charge in [0.15, 0.2) is 0 Å². The predicted molar refractivity (Wildman–Crippen MR) is 93.3 cm³/mol. The number of nitrogens with one attached hydrogen (secondary N) is 1. The van der Waals surface area contributed by atoms with Gasteiger partial charge in [-0.3, -0.25) is 14.2 Å². The first-order valence-electron chi connectivity index (χ1n) is 8.41. The number of carbonyl (C=O) groups is 1. The number of carbonyl (C=O) groups excluding carboxylic acids is 1. The number of aromatic nitrogens is 4. The van der Waals surface area contributed by atoms with E-state index in [0.717, 1.165) is 18.9 Å². The lowest BCUT2D eigenvalue weighted by Gasteiger charge is -2.16. The average Bonchev–Trinajstić information content (AvgIpc) is 3.15. The molecule has 1 fully saturated rings. The van der Waals surface area contributed by atoms with Crippen molar-refractivity contribution in [3.8, 4) is 0 Å². The van der Waals surface area contributed by atoms with Crippen molar-refractivity contribution < 1.29 is 4.79 Å². The lowest BCUT2D eigenvalue weighted by Crippen LogP contribution is -2.33. The van der Waals surface area contributed by atoms with E-state index in [1.807, 2.05) is 6.07 Å². The zero-order valence-corrected chi connectivity index (χ0v) is 14.5. The third-order valence-corrected chi connectivity index (χ3v) is 4.39. The lowest BCUT2D eigenvalue weighted by atomic mass is 10.3. The molecule has 0 aromatic carbocycles. The summed E-state index contributed by atoms with van der Waals surface area (Å²) in [4.78, 5) is 39.2. The van der Waals surface area contributed by atoms with Crippen molar-refractivity contribution in [2.45, 2.75) is 39.8 Å². The Hall–Kier alpha value is -2.77. The largest absolute Gasteiger partial charge is 0.357 e. The highest BCUT2D eigenvalue weighted by molar-refractivity contribution is 5.75. The van der Waals surface area contributed by atoms with Gasteiger partial charge in [0.2, 0.25) is 5.91 Å². The van der Waals surface area contributed by atoms with Crippen LogP contribution in [-0.4, -0.2) is 38.5 Å². The molecule has 0 saturated carbocycles. The summed E-state index contributed by atoms with van der Waals surface area (Å²) in [5, 5.41) is 2.76. The maximum Gasteiger partial charge on any atom is 0.256 e. The van der Waals surface area contributed by atoms with E-state index >= 15 is 0 Å². The molecule has 3 rings (SSSR count). The van der Waals surface area contributed by atoms with Gasteiger partial charge in [-0.2, -0.15) is 0 Å². The minimum absolute atomic E-state index is 0.0707. The smallest absolute Gasteiger partial charge is 0.256 e. The van der Waals surface area contributed by atoms with E-state index < -0.39 is 0 Å². The fourth-order valence-electron chi connectivity index (χ4n) is 2.77. The van der Waals surface area contributed by atoms with Crippen LogP contribution in [0.15, 0.2) is 23.4 Å². The first-order chi connectivity index (χ1) is 12.0. The van der Waals surface area contributed by atoms with Crippen molar-refractivity contribution in [2.24, 2.45) is 0 Å². The maximum atomic E-state index is 12.1. The van der Waals surface area contributed by atoms with Gasteiger partial charge in [0.25, 0.3) is 5.56 Å². The second kappa shape index (κ2) is 7.42. The van der Waals surface area contributed by atoms with Gasteiger partial charge in [-0.15, -0.1) is 0 Å². The predicted octanol–water partition coefficient (Wildman–Crippen LogP) is 0.567. The number of hydrogen-bond donors (Lipinski definition) is 1. The Kier molecular flexibility index (Phi) is 5.06. The van der Waals surface area contributed by atoms with E-state index in [4.69, 9.17) is 0 Å². The summed E-state index contributed by atoms with van der Waals surface area (Å²) in [6.45, 7) is 5.64. The summed E-state index contributed by atoms with van der Waals surface area (Å²) in [5.41, 5.74) is 1.03. The molecule has 2 aromatic rings. The van der Waals surface area contributed by atoms with Crippen LogP contribution in [0.2, 0.25) is 0 Å². The van der Waals surface area contributed by atoms with Crippen molar-refractivity contribution in [1.29, 1.82) is 0 Å². The molecule has 1 N–H and O–H groups in total. The monoisotopic (exact) mass is 342 g/mol. The molecule has 1 aliphatic rings. The molecule has 1 aliphatic heterocycles. The number of hydrogen-bond acceptors (Lipinski definition) is 6. The Morgan fingerprint density at radius 3 is 2.76 bits per heavy atom. The fraction of sp³-hybridized carbons (Fsp3) is 0.471. The quantitative estimate of drug-likeness (QED) is 0.854. The molecule has 3 heterocycles. The Morgan fingerprint density at radius 1 is 1.24 bits per heavy atom. The van der Waals surface area contributed by atoms with E-state index in [1.165, 1.54) is 23.7 Å². The van der Waals surface area contributed by atoms with Gasteiger partial charge in [-0.05, 0) is 32.8 Å². The van der Waals surface area contributed by atoms with Crippen molar-refractivity contribution in [2.75, 3.05) is 18.0 Å². The van der Waals surface area contributed by atoms with Gasteiger partial charge in [-0.1, -0.05) is 0 Å². The molecule has 8 nitrogen and oxygen atoms in total. The average molecular weight is 342 g/mol. The maximum absolute atomic E-state index is 12.1. The van der Waals surface area contributed by atoms with Crippen LogP contribution in [0.1, 0.15) is 29.9 Å². The van der Waals surface area contributed by atoms with E-state index in [0.29, 0.717) is 17.1 Å². The molecule has 0 unspecified atom stereocenters. The van der Waals surface area contributed by atoms with Crippen LogP contribution in [0, 0.1) is 13.8 Å². The first kappa shape index (κ1) is 17.1. The van der Waals surface area contributed by atoms with Gasteiger partial charge in [0, 0.05) is 30.5 Å². The van der Waals surface area contributed by atoms with E-state index in [9.17, 15) is 9.59 Å². The highest BCUT2D eigenvalue weighted by Crippen LogP contribution is 2.16. The van der Waals surface area contributed by atoms with Crippen LogP contribution in [0.25, 0.3) is 0 Å². The number of rotatable bonds is 5. The minimum Gasteiger partial charge on any atom is -0.357 e. The van der Waals surface area contributed by atoms with E-state index in [-0.39, 0.29) is 24.6 Å². The zero-order valence-electron chi connectivity index (χ0n) is 14.5. The van der Waals surface area contributed by atoms with Crippen molar-refractivity contribution in [3.05, 3.63) is 46.0 Å². The standard InChI is InChI=1S/C17H22N6O2/c1-12-13(2)20-11-23(17(12)25)10-16(24)19-9-14-18-6-5-15(21-14)22-7-3-4-8-22/h5-6,11H,3-4,7-10H2,1-2H3,(H,19,24). The molecule has 1 saturated heterocycles.